The molecule has 1 N–H and O–H groups in total. The molecule has 4 rings (SSSR count). The minimum absolute atomic E-state index is 0.150. The Kier molecular flexibility index (Phi) is 4.41. The zero-order chi connectivity index (χ0) is 17.9. The summed E-state index contributed by atoms with van der Waals surface area (Å²) in [5.41, 5.74) is 3.27. The number of imidazole rings is 1. The summed E-state index contributed by atoms with van der Waals surface area (Å²) >= 11 is 1.60. The van der Waals surface area contributed by atoms with Crippen molar-refractivity contribution in [2.45, 2.75) is 6.92 Å². The number of nitrogens with one attached hydrogen (secondary N) is 1. The normalized spacial score (nSPS) is 10.8. The summed E-state index contributed by atoms with van der Waals surface area (Å²) in [6.07, 6.45) is 3.99. The molecule has 0 atom stereocenters. The third kappa shape index (κ3) is 3.32. The van der Waals surface area contributed by atoms with Gasteiger partial charge in [-0.05, 0) is 43.3 Å². The van der Waals surface area contributed by atoms with Crippen LogP contribution in [0.5, 0.6) is 5.75 Å². The molecule has 0 fully saturated rings. The Morgan fingerprint density at radius 2 is 1.92 bits per heavy atom. The van der Waals surface area contributed by atoms with Gasteiger partial charge in [0.25, 0.3) is 5.91 Å². The molecule has 0 aliphatic rings. The molecular formula is C20H17N3O2S. The van der Waals surface area contributed by atoms with Crippen LogP contribution in [0.2, 0.25) is 0 Å². The number of nitrogens with zero attached hydrogens (tertiary/aromatic N) is 2. The number of benzene rings is 2. The number of hydrogen-bond donors (Lipinski definition) is 1. The second kappa shape index (κ2) is 7.01. The molecule has 6 heteroatoms. The number of thiazole rings is 1. The lowest BCUT2D eigenvalue weighted by Crippen LogP contribution is -2.11. The van der Waals surface area contributed by atoms with E-state index >= 15 is 0 Å². The van der Waals surface area contributed by atoms with Gasteiger partial charge in [0, 0.05) is 34.6 Å². The van der Waals surface area contributed by atoms with Gasteiger partial charge in [-0.3, -0.25) is 9.20 Å². The molecule has 0 unspecified atom stereocenters. The van der Waals surface area contributed by atoms with Gasteiger partial charge in [-0.25, -0.2) is 4.98 Å². The highest BCUT2D eigenvalue weighted by Crippen LogP contribution is 2.23. The van der Waals surface area contributed by atoms with Gasteiger partial charge in [0.15, 0.2) is 4.96 Å². The van der Waals surface area contributed by atoms with Crippen LogP contribution in [0.1, 0.15) is 17.3 Å². The largest absolute Gasteiger partial charge is 0.494 e. The van der Waals surface area contributed by atoms with Crippen LogP contribution in [0.3, 0.4) is 0 Å². The van der Waals surface area contributed by atoms with Gasteiger partial charge in [-0.2, -0.15) is 0 Å². The smallest absolute Gasteiger partial charge is 0.255 e. The fourth-order valence-corrected chi connectivity index (χ4v) is 3.36. The lowest BCUT2D eigenvalue weighted by atomic mass is 10.1. The molecule has 26 heavy (non-hydrogen) atoms. The van der Waals surface area contributed by atoms with Gasteiger partial charge in [-0.15, -0.1) is 11.3 Å². The Balaban J connectivity index is 1.46. The van der Waals surface area contributed by atoms with Gasteiger partial charge in [0.2, 0.25) is 0 Å². The van der Waals surface area contributed by atoms with Crippen LogP contribution in [-0.4, -0.2) is 21.9 Å². The number of amides is 1. The van der Waals surface area contributed by atoms with E-state index in [4.69, 9.17) is 4.74 Å². The van der Waals surface area contributed by atoms with Gasteiger partial charge in [0.05, 0.1) is 12.3 Å². The van der Waals surface area contributed by atoms with E-state index in [2.05, 4.69) is 10.3 Å². The molecule has 1 amide bonds. The molecule has 4 aromatic rings. The average Bonchev–Trinajstić information content (AvgIpc) is 3.25. The molecule has 0 aliphatic carbocycles. The highest BCUT2D eigenvalue weighted by atomic mass is 32.1. The molecule has 0 spiro atoms. The Labute approximate surface area is 154 Å². The predicted molar refractivity (Wildman–Crippen MR) is 104 cm³/mol. The van der Waals surface area contributed by atoms with E-state index in [1.165, 1.54) is 0 Å². The number of fused-ring (bicyclic) bond motifs is 1. The first-order valence-corrected chi connectivity index (χ1v) is 9.18. The Morgan fingerprint density at radius 1 is 1.15 bits per heavy atom. The maximum absolute atomic E-state index is 12.4. The number of ether oxygens (including phenoxy) is 1. The van der Waals surface area contributed by atoms with Gasteiger partial charge in [0.1, 0.15) is 5.75 Å². The highest BCUT2D eigenvalue weighted by Gasteiger charge is 2.08. The van der Waals surface area contributed by atoms with E-state index in [1.807, 2.05) is 53.4 Å². The second-order valence-electron chi connectivity index (χ2n) is 5.71. The number of rotatable bonds is 5. The van der Waals surface area contributed by atoms with Crippen molar-refractivity contribution in [1.29, 1.82) is 0 Å². The minimum atomic E-state index is -0.150. The first-order valence-electron chi connectivity index (χ1n) is 8.30. The summed E-state index contributed by atoms with van der Waals surface area (Å²) in [6, 6.07) is 14.8. The van der Waals surface area contributed by atoms with Gasteiger partial charge < -0.3 is 10.1 Å². The van der Waals surface area contributed by atoms with Crippen molar-refractivity contribution < 1.29 is 9.53 Å². The van der Waals surface area contributed by atoms with Gasteiger partial charge >= 0.3 is 0 Å². The maximum atomic E-state index is 12.4. The highest BCUT2D eigenvalue weighted by molar-refractivity contribution is 7.15. The van der Waals surface area contributed by atoms with Crippen molar-refractivity contribution in [3.8, 4) is 17.0 Å². The SMILES string of the molecule is CCOc1ccc(C(=O)Nc2ccc(-c3cn4ccsc4n3)cc2)cc1. The van der Waals surface area contributed by atoms with E-state index in [1.54, 1.807) is 35.6 Å². The zero-order valence-corrected chi connectivity index (χ0v) is 15.0. The fourth-order valence-electron chi connectivity index (χ4n) is 2.66. The second-order valence-corrected chi connectivity index (χ2v) is 6.58. The molecule has 0 saturated heterocycles. The molecule has 2 aromatic carbocycles. The number of carbonyl (C=O) groups excluding carboxylic acids is 1. The minimum Gasteiger partial charge on any atom is -0.494 e. The standard InChI is InChI=1S/C20H17N3O2S/c1-2-25-17-9-5-15(6-10-17)19(24)21-16-7-3-14(4-8-16)18-13-23-11-12-26-20(23)22-18/h3-13H,2H2,1H3,(H,21,24). The summed E-state index contributed by atoms with van der Waals surface area (Å²) in [5, 5.41) is 4.91. The number of aromatic nitrogens is 2. The maximum Gasteiger partial charge on any atom is 0.255 e. The molecule has 0 bridgehead atoms. The molecule has 2 aromatic heterocycles. The Hall–Kier alpha value is -3.12. The van der Waals surface area contributed by atoms with Crippen LogP contribution < -0.4 is 10.1 Å². The van der Waals surface area contributed by atoms with E-state index in [0.29, 0.717) is 12.2 Å². The van der Waals surface area contributed by atoms with Crippen LogP contribution in [-0.2, 0) is 0 Å². The first kappa shape index (κ1) is 16.4. The predicted octanol–water partition coefficient (Wildman–Crippen LogP) is 4.71. The van der Waals surface area contributed by atoms with Crippen molar-refractivity contribution >= 4 is 27.9 Å². The van der Waals surface area contributed by atoms with Gasteiger partial charge in [-0.1, -0.05) is 12.1 Å². The summed E-state index contributed by atoms with van der Waals surface area (Å²) in [4.78, 5) is 17.9. The average molecular weight is 363 g/mol. The van der Waals surface area contributed by atoms with E-state index in [-0.39, 0.29) is 5.91 Å². The number of hydrogen-bond acceptors (Lipinski definition) is 4. The van der Waals surface area contributed by atoms with Crippen LogP contribution >= 0.6 is 11.3 Å². The van der Waals surface area contributed by atoms with Crippen molar-refractivity contribution in [1.82, 2.24) is 9.38 Å². The summed E-state index contributed by atoms with van der Waals surface area (Å²) in [6.45, 7) is 2.53. The molecule has 130 valence electrons. The Bertz CT molecular complexity index is 1000. The molecule has 0 aliphatic heterocycles. The van der Waals surface area contributed by atoms with Crippen LogP contribution in [0.25, 0.3) is 16.2 Å². The van der Waals surface area contributed by atoms with Crippen molar-refractivity contribution in [2.24, 2.45) is 0 Å². The topological polar surface area (TPSA) is 55.6 Å². The summed E-state index contributed by atoms with van der Waals surface area (Å²) in [7, 11) is 0. The number of anilines is 1. The summed E-state index contributed by atoms with van der Waals surface area (Å²) in [5.74, 6) is 0.608. The van der Waals surface area contributed by atoms with Crippen LogP contribution in [0.15, 0.2) is 66.3 Å². The fraction of sp³-hybridized carbons (Fsp3) is 0.100. The molecule has 0 saturated carbocycles. The zero-order valence-electron chi connectivity index (χ0n) is 14.2. The number of carbonyl (C=O) groups is 1. The monoisotopic (exact) mass is 363 g/mol. The van der Waals surface area contributed by atoms with Crippen molar-refractivity contribution in [3.63, 3.8) is 0 Å². The third-order valence-corrected chi connectivity index (χ3v) is 4.73. The third-order valence-electron chi connectivity index (χ3n) is 3.96. The lowest BCUT2D eigenvalue weighted by molar-refractivity contribution is 0.102. The molecule has 0 radical (unpaired) electrons. The van der Waals surface area contributed by atoms with Crippen LogP contribution in [0.4, 0.5) is 5.69 Å². The molecule has 5 nitrogen and oxygen atoms in total. The van der Waals surface area contributed by atoms with Crippen molar-refractivity contribution in [2.75, 3.05) is 11.9 Å². The quantitative estimate of drug-likeness (QED) is 0.558. The summed E-state index contributed by atoms with van der Waals surface area (Å²) < 4.78 is 7.39. The molecular weight excluding hydrogens is 346 g/mol. The lowest BCUT2D eigenvalue weighted by Gasteiger charge is -2.07. The first-order chi connectivity index (χ1) is 12.7. The van der Waals surface area contributed by atoms with E-state index < -0.39 is 0 Å². The molecule has 2 heterocycles. The Morgan fingerprint density at radius 3 is 2.62 bits per heavy atom. The van der Waals surface area contributed by atoms with E-state index in [9.17, 15) is 4.79 Å². The van der Waals surface area contributed by atoms with Crippen molar-refractivity contribution in [3.05, 3.63) is 71.9 Å². The van der Waals surface area contributed by atoms with E-state index in [0.717, 1.165) is 27.7 Å². The van der Waals surface area contributed by atoms with Crippen LogP contribution in [0, 0.1) is 0 Å².